The number of rotatable bonds is 2. The van der Waals surface area contributed by atoms with Gasteiger partial charge in [0.2, 0.25) is 0 Å². The molecule has 2 aromatic heterocycles. The van der Waals surface area contributed by atoms with Gasteiger partial charge in [0.15, 0.2) is 0 Å². The second-order valence-corrected chi connectivity index (χ2v) is 4.36. The van der Waals surface area contributed by atoms with Crippen LogP contribution in [0.2, 0.25) is 0 Å². The van der Waals surface area contributed by atoms with E-state index in [9.17, 15) is 4.79 Å². The van der Waals surface area contributed by atoms with Crippen molar-refractivity contribution in [3.05, 3.63) is 65.2 Å². The molecule has 4 nitrogen and oxygen atoms in total. The molecule has 1 aromatic carbocycles. The van der Waals surface area contributed by atoms with E-state index >= 15 is 0 Å². The predicted molar refractivity (Wildman–Crippen MR) is 74.7 cm³/mol. The Labute approximate surface area is 110 Å². The Morgan fingerprint density at radius 3 is 2.58 bits per heavy atom. The van der Waals surface area contributed by atoms with Crippen LogP contribution in [0.25, 0.3) is 22.6 Å². The fraction of sp³-hybridized carbons (Fsp3) is 0.0667. The zero-order valence-electron chi connectivity index (χ0n) is 10.5. The third-order valence-electron chi connectivity index (χ3n) is 3.04. The summed E-state index contributed by atoms with van der Waals surface area (Å²) in [5, 5.41) is 0. The molecule has 0 amide bonds. The maximum absolute atomic E-state index is 11.7. The molecular weight excluding hydrogens is 238 g/mol. The predicted octanol–water partition coefficient (Wildman–Crippen LogP) is 2.44. The van der Waals surface area contributed by atoms with E-state index in [1.165, 1.54) is 0 Å². The van der Waals surface area contributed by atoms with E-state index in [1.807, 2.05) is 66.3 Å². The third kappa shape index (κ3) is 2.20. The van der Waals surface area contributed by atoms with Gasteiger partial charge in [-0.05, 0) is 23.8 Å². The molecule has 19 heavy (non-hydrogen) atoms. The Morgan fingerprint density at radius 2 is 1.89 bits per heavy atom. The average molecular weight is 251 g/mol. The molecule has 2 heterocycles. The second kappa shape index (κ2) is 4.57. The molecule has 3 aromatic rings. The Kier molecular flexibility index (Phi) is 2.76. The standard InChI is InChI=1S/C15H13N3O/c1-18-9-5-8-14(18)13-10-12(16-15(19)17-13)11-6-3-2-4-7-11/h2-10H,1H3,(H,16,17,19). The zero-order valence-corrected chi connectivity index (χ0v) is 10.5. The smallest absolute Gasteiger partial charge is 0.346 e. The molecule has 0 bridgehead atoms. The summed E-state index contributed by atoms with van der Waals surface area (Å²) in [4.78, 5) is 18.5. The lowest BCUT2D eigenvalue weighted by atomic mass is 10.1. The largest absolute Gasteiger partial charge is 0.349 e. The summed E-state index contributed by atoms with van der Waals surface area (Å²) in [6, 6.07) is 15.5. The molecule has 1 N–H and O–H groups in total. The van der Waals surface area contributed by atoms with E-state index in [1.54, 1.807) is 0 Å². The lowest BCUT2D eigenvalue weighted by Crippen LogP contribution is -2.12. The number of benzene rings is 1. The molecule has 0 saturated carbocycles. The van der Waals surface area contributed by atoms with Crippen LogP contribution in [0.5, 0.6) is 0 Å². The molecular formula is C15H13N3O. The van der Waals surface area contributed by atoms with E-state index < -0.39 is 0 Å². The summed E-state index contributed by atoms with van der Waals surface area (Å²) >= 11 is 0. The Bertz CT molecular complexity index is 756. The van der Waals surface area contributed by atoms with Crippen LogP contribution < -0.4 is 5.69 Å². The van der Waals surface area contributed by atoms with Crippen LogP contribution in [0, 0.1) is 0 Å². The van der Waals surface area contributed by atoms with E-state index in [4.69, 9.17) is 0 Å². The number of nitrogens with zero attached hydrogens (tertiary/aromatic N) is 2. The van der Waals surface area contributed by atoms with Crippen LogP contribution in [0.4, 0.5) is 0 Å². The van der Waals surface area contributed by atoms with Crippen LogP contribution in [0.3, 0.4) is 0 Å². The van der Waals surface area contributed by atoms with Gasteiger partial charge in [-0.3, -0.25) is 0 Å². The average Bonchev–Trinajstić information content (AvgIpc) is 2.85. The molecule has 0 saturated heterocycles. The minimum atomic E-state index is -0.336. The summed E-state index contributed by atoms with van der Waals surface area (Å²) in [5.41, 5.74) is 3.00. The van der Waals surface area contributed by atoms with Gasteiger partial charge in [-0.25, -0.2) is 4.79 Å². The van der Waals surface area contributed by atoms with Crippen LogP contribution in [0.1, 0.15) is 0 Å². The maximum Gasteiger partial charge on any atom is 0.346 e. The molecule has 0 aliphatic heterocycles. The van der Waals surface area contributed by atoms with Gasteiger partial charge >= 0.3 is 5.69 Å². The monoisotopic (exact) mass is 251 g/mol. The van der Waals surface area contributed by atoms with Crippen molar-refractivity contribution < 1.29 is 0 Å². The number of aromatic amines is 1. The normalized spacial score (nSPS) is 10.6. The van der Waals surface area contributed by atoms with Crippen molar-refractivity contribution in [2.24, 2.45) is 7.05 Å². The first kappa shape index (κ1) is 11.5. The van der Waals surface area contributed by atoms with Gasteiger partial charge in [-0.1, -0.05) is 30.3 Å². The van der Waals surface area contributed by atoms with Crippen LogP contribution in [-0.2, 0) is 7.05 Å². The summed E-state index contributed by atoms with van der Waals surface area (Å²) in [6.45, 7) is 0. The van der Waals surface area contributed by atoms with Crippen LogP contribution in [0.15, 0.2) is 59.5 Å². The van der Waals surface area contributed by atoms with Gasteiger partial charge in [0.05, 0.1) is 17.1 Å². The van der Waals surface area contributed by atoms with Crippen molar-refractivity contribution in [1.29, 1.82) is 0 Å². The number of H-pyrrole nitrogens is 1. The molecule has 0 radical (unpaired) electrons. The lowest BCUT2D eigenvalue weighted by Gasteiger charge is -2.05. The molecule has 4 heteroatoms. The van der Waals surface area contributed by atoms with E-state index in [-0.39, 0.29) is 5.69 Å². The fourth-order valence-corrected chi connectivity index (χ4v) is 2.09. The molecule has 0 spiro atoms. The molecule has 0 atom stereocenters. The van der Waals surface area contributed by atoms with Crippen molar-refractivity contribution in [2.75, 3.05) is 0 Å². The van der Waals surface area contributed by atoms with Crippen molar-refractivity contribution in [1.82, 2.24) is 14.5 Å². The molecule has 3 rings (SSSR count). The number of aromatic nitrogens is 3. The summed E-state index contributed by atoms with van der Waals surface area (Å²) in [7, 11) is 1.93. The number of nitrogens with one attached hydrogen (secondary N) is 1. The van der Waals surface area contributed by atoms with Gasteiger partial charge in [0.1, 0.15) is 0 Å². The Balaban J connectivity index is 2.17. The molecule has 0 fully saturated rings. The number of hydrogen-bond acceptors (Lipinski definition) is 2. The molecule has 94 valence electrons. The van der Waals surface area contributed by atoms with Gasteiger partial charge in [0.25, 0.3) is 0 Å². The molecule has 0 aliphatic rings. The molecule has 0 unspecified atom stereocenters. The van der Waals surface area contributed by atoms with Gasteiger partial charge < -0.3 is 9.55 Å². The van der Waals surface area contributed by atoms with Crippen molar-refractivity contribution >= 4 is 0 Å². The van der Waals surface area contributed by atoms with Crippen molar-refractivity contribution in [2.45, 2.75) is 0 Å². The quantitative estimate of drug-likeness (QED) is 0.760. The third-order valence-corrected chi connectivity index (χ3v) is 3.04. The van der Waals surface area contributed by atoms with Crippen molar-refractivity contribution in [3.63, 3.8) is 0 Å². The summed E-state index contributed by atoms with van der Waals surface area (Å²) in [6.07, 6.45) is 1.93. The van der Waals surface area contributed by atoms with Gasteiger partial charge in [-0.2, -0.15) is 4.98 Å². The summed E-state index contributed by atoms with van der Waals surface area (Å²) < 4.78 is 1.94. The fourth-order valence-electron chi connectivity index (χ4n) is 2.09. The van der Waals surface area contributed by atoms with E-state index in [0.717, 1.165) is 17.0 Å². The molecule has 0 aliphatic carbocycles. The van der Waals surface area contributed by atoms with E-state index in [2.05, 4.69) is 9.97 Å². The first-order chi connectivity index (χ1) is 9.24. The van der Waals surface area contributed by atoms with Crippen LogP contribution >= 0.6 is 0 Å². The SMILES string of the molecule is Cn1cccc1-c1cc(-c2ccccc2)[nH]c(=O)n1. The van der Waals surface area contributed by atoms with E-state index in [0.29, 0.717) is 5.69 Å². The maximum atomic E-state index is 11.7. The number of hydrogen-bond donors (Lipinski definition) is 1. The van der Waals surface area contributed by atoms with Crippen molar-refractivity contribution in [3.8, 4) is 22.6 Å². The topological polar surface area (TPSA) is 50.7 Å². The van der Waals surface area contributed by atoms with Gasteiger partial charge in [-0.15, -0.1) is 0 Å². The highest BCUT2D eigenvalue weighted by atomic mass is 16.1. The summed E-state index contributed by atoms with van der Waals surface area (Å²) in [5.74, 6) is 0. The minimum Gasteiger partial charge on any atom is -0.349 e. The zero-order chi connectivity index (χ0) is 13.2. The minimum absolute atomic E-state index is 0.336. The highest BCUT2D eigenvalue weighted by Gasteiger charge is 2.07. The first-order valence-electron chi connectivity index (χ1n) is 6.02. The lowest BCUT2D eigenvalue weighted by molar-refractivity contribution is 0.925. The van der Waals surface area contributed by atoms with Crippen LogP contribution in [-0.4, -0.2) is 14.5 Å². The first-order valence-corrected chi connectivity index (χ1v) is 6.02. The number of aryl methyl sites for hydroxylation is 1. The van der Waals surface area contributed by atoms with Gasteiger partial charge in [0, 0.05) is 13.2 Å². The Morgan fingerprint density at radius 1 is 1.11 bits per heavy atom. The second-order valence-electron chi connectivity index (χ2n) is 4.36. The highest BCUT2D eigenvalue weighted by Crippen LogP contribution is 2.21. The highest BCUT2D eigenvalue weighted by molar-refractivity contribution is 5.65. The Hall–Kier alpha value is -2.62.